The van der Waals surface area contributed by atoms with Gasteiger partial charge in [-0.1, -0.05) is 0 Å². The van der Waals surface area contributed by atoms with E-state index in [0.717, 1.165) is 47.3 Å². The van der Waals surface area contributed by atoms with Gasteiger partial charge in [-0.05, 0) is 0 Å². The van der Waals surface area contributed by atoms with Gasteiger partial charge in [0.1, 0.15) is 29.4 Å². The zero-order valence-corrected chi connectivity index (χ0v) is 17.9. The second-order valence-corrected chi connectivity index (χ2v) is 9.94. The van der Waals surface area contributed by atoms with Gasteiger partial charge in [0.2, 0.25) is 0 Å². The van der Waals surface area contributed by atoms with Gasteiger partial charge in [0.25, 0.3) is 17.6 Å². The lowest BCUT2D eigenvalue weighted by Crippen LogP contribution is -2.71. The van der Waals surface area contributed by atoms with Crippen LogP contribution in [-0.4, -0.2) is 86.9 Å². The molecule has 2 atom stereocenters. The van der Waals surface area contributed by atoms with Crippen LogP contribution in [0, 0.1) is 0 Å². The molecule has 160 valence electrons. The van der Waals surface area contributed by atoms with Gasteiger partial charge in [-0.25, -0.2) is 9.78 Å². The summed E-state index contributed by atoms with van der Waals surface area (Å²) in [5.74, 6) is -3.04. The summed E-state index contributed by atoms with van der Waals surface area (Å²) in [5, 5.41) is 13.2. The highest BCUT2D eigenvalue weighted by Gasteiger charge is 2.55. The summed E-state index contributed by atoms with van der Waals surface area (Å²) in [5.41, 5.74) is 6.16. The first kappa shape index (κ1) is 20.8. The van der Waals surface area contributed by atoms with Crippen LogP contribution in [-0.2, 0) is 14.4 Å². The molecule has 12 heteroatoms. The number of nitrogens with two attached hydrogens (primary N) is 1. The number of nitrogens with zero attached hydrogens (tertiary/aromatic N) is 3. The van der Waals surface area contributed by atoms with Gasteiger partial charge >= 0.3 is 5.97 Å². The fraction of sp³-hybridized carbons (Fsp3) is 0.500. The van der Waals surface area contributed by atoms with Crippen molar-refractivity contribution in [3.05, 3.63) is 22.3 Å². The van der Waals surface area contributed by atoms with Crippen molar-refractivity contribution in [3.63, 3.8) is 0 Å². The lowest BCUT2D eigenvalue weighted by Gasteiger charge is -2.49. The average molecular weight is 453 g/mol. The molecule has 3 aliphatic heterocycles. The number of Topliss-reactive ketones (excluding diaryl/α,β-unsaturated/α-hetero) is 1. The van der Waals surface area contributed by atoms with Crippen molar-refractivity contribution in [2.75, 3.05) is 38.2 Å². The van der Waals surface area contributed by atoms with E-state index in [2.05, 4.69) is 17.3 Å². The number of aromatic nitrogens is 1. The molecule has 2 saturated heterocycles. The first-order valence-electron chi connectivity index (χ1n) is 9.50. The van der Waals surface area contributed by atoms with Crippen LogP contribution >= 0.6 is 23.1 Å². The molecule has 4 N–H and O–H groups in total. The van der Waals surface area contributed by atoms with Gasteiger partial charge < -0.3 is 20.6 Å². The zero-order valence-electron chi connectivity index (χ0n) is 16.3. The third-order valence-electron chi connectivity index (χ3n) is 5.72. The van der Waals surface area contributed by atoms with Crippen LogP contribution in [0.1, 0.15) is 23.3 Å². The Labute approximate surface area is 180 Å². The smallest absolute Gasteiger partial charge is 0.352 e. The van der Waals surface area contributed by atoms with Crippen molar-refractivity contribution >= 4 is 51.8 Å². The van der Waals surface area contributed by atoms with E-state index in [9.17, 15) is 24.3 Å². The minimum atomic E-state index is -1.15. The van der Waals surface area contributed by atoms with Crippen molar-refractivity contribution in [1.82, 2.24) is 15.2 Å². The third-order valence-corrected chi connectivity index (χ3v) is 7.73. The number of carboxylic acids is 1. The number of fused-ring (bicyclic) bond motifs is 1. The quantitative estimate of drug-likeness (QED) is 0.235. The Bertz CT molecular complexity index is 968. The van der Waals surface area contributed by atoms with Crippen LogP contribution in [0.4, 0.5) is 5.13 Å². The number of nitrogens with one attached hydrogen (secondary N) is 1. The number of aliphatic carboxylic acids is 1. The number of nitrogen functional groups attached to an aromatic ring is 1. The number of ketones is 1. The molecule has 0 aromatic carbocycles. The van der Waals surface area contributed by atoms with Gasteiger partial charge in [-0.15, -0.1) is 23.1 Å². The molecule has 30 heavy (non-hydrogen) atoms. The number of anilines is 1. The molecule has 0 bridgehead atoms. The predicted octanol–water partition coefficient (Wildman–Crippen LogP) is -0.113. The highest BCUT2D eigenvalue weighted by molar-refractivity contribution is 8.00. The number of thiazole rings is 1. The van der Waals surface area contributed by atoms with Gasteiger partial charge in [-0.3, -0.25) is 19.3 Å². The Morgan fingerprint density at radius 1 is 1.37 bits per heavy atom. The molecule has 4 rings (SSSR count). The maximum Gasteiger partial charge on any atom is 0.352 e. The Hall–Kier alpha value is -2.44. The standard InChI is InChI=1S/C18H21N5O5S2/c1-23(4-2-3-5-23)6-9-7-29-16-11(15(26)22(16)12(9)17(27)28)21-14(25)13(24)10-8-30-18(19)20-10/h8,11,16H,2-7H2,1H3,(H3-,19,20,21,25,27,28)/p+1/t11-,16-/m1/s1. The van der Waals surface area contributed by atoms with Crippen LogP contribution in [0.2, 0.25) is 0 Å². The molecule has 2 amide bonds. The van der Waals surface area contributed by atoms with Crippen molar-refractivity contribution in [2.24, 2.45) is 0 Å². The van der Waals surface area contributed by atoms with Crippen LogP contribution in [0.5, 0.6) is 0 Å². The lowest BCUT2D eigenvalue weighted by atomic mass is 10.0. The first-order chi connectivity index (χ1) is 14.2. The van der Waals surface area contributed by atoms with Crippen molar-refractivity contribution in [2.45, 2.75) is 24.3 Å². The monoisotopic (exact) mass is 452 g/mol. The topological polar surface area (TPSA) is 143 Å². The molecular weight excluding hydrogens is 430 g/mol. The summed E-state index contributed by atoms with van der Waals surface area (Å²) in [6.45, 7) is 2.56. The molecule has 0 aliphatic carbocycles. The molecule has 0 saturated carbocycles. The molecule has 4 heterocycles. The maximum atomic E-state index is 12.7. The normalized spacial score (nSPS) is 25.0. The van der Waals surface area contributed by atoms with E-state index >= 15 is 0 Å². The van der Waals surface area contributed by atoms with Gasteiger partial charge in [0, 0.05) is 29.5 Å². The number of likely N-dealkylation sites (N-methyl/N-ethyl adjacent to an activating group) is 1. The molecule has 0 radical (unpaired) electrons. The summed E-state index contributed by atoms with van der Waals surface area (Å²) in [6.07, 6.45) is 2.22. The number of β-lactam (4-membered cyclic amide) rings is 1. The summed E-state index contributed by atoms with van der Waals surface area (Å²) in [6, 6.07) is -0.949. The number of rotatable bonds is 6. The Morgan fingerprint density at radius 3 is 2.67 bits per heavy atom. The molecule has 3 aliphatic rings. The fourth-order valence-corrected chi connectivity index (χ4v) is 6.12. The van der Waals surface area contributed by atoms with Crippen LogP contribution in [0.25, 0.3) is 0 Å². The molecule has 0 spiro atoms. The Kier molecular flexibility index (Phi) is 5.32. The van der Waals surface area contributed by atoms with E-state index in [-0.39, 0.29) is 16.5 Å². The minimum Gasteiger partial charge on any atom is -0.477 e. The van der Waals surface area contributed by atoms with Gasteiger partial charge in [-0.2, -0.15) is 0 Å². The summed E-state index contributed by atoms with van der Waals surface area (Å²) >= 11 is 2.44. The largest absolute Gasteiger partial charge is 0.477 e. The molecule has 1 aromatic heterocycles. The van der Waals surface area contributed by atoms with Crippen LogP contribution < -0.4 is 11.1 Å². The minimum absolute atomic E-state index is 0.0131. The Balaban J connectivity index is 1.49. The number of thioether (sulfide) groups is 1. The first-order valence-corrected chi connectivity index (χ1v) is 11.4. The van der Waals surface area contributed by atoms with E-state index in [1.54, 1.807) is 0 Å². The third kappa shape index (κ3) is 3.59. The van der Waals surface area contributed by atoms with E-state index in [1.165, 1.54) is 22.0 Å². The van der Waals surface area contributed by atoms with E-state index in [4.69, 9.17) is 5.73 Å². The number of carbonyl (C=O) groups is 4. The highest BCUT2D eigenvalue weighted by Crippen LogP contribution is 2.41. The molecule has 2 fully saturated rings. The SMILES string of the molecule is C[N+]1(CC2=C(C(=O)O)N3C(=O)[C@@H](NC(=O)C(=O)c4csc(N)n4)[C@H]3SC2)CCCC1. The molecule has 10 nitrogen and oxygen atoms in total. The van der Waals surface area contributed by atoms with E-state index in [1.807, 2.05) is 0 Å². The second-order valence-electron chi connectivity index (χ2n) is 7.95. The average Bonchev–Trinajstić information content (AvgIpc) is 3.33. The molecular formula is C18H22N5O5S2+. The number of amides is 2. The number of carboxylic acid groups (broad SMARTS) is 1. The van der Waals surface area contributed by atoms with E-state index < -0.39 is 35.0 Å². The van der Waals surface area contributed by atoms with Crippen molar-refractivity contribution in [3.8, 4) is 0 Å². The number of hydrogen-bond acceptors (Lipinski definition) is 8. The second kappa shape index (κ2) is 7.67. The summed E-state index contributed by atoms with van der Waals surface area (Å²) < 4.78 is 0.769. The lowest BCUT2D eigenvalue weighted by molar-refractivity contribution is -0.893. The maximum absolute atomic E-state index is 12.7. The number of quaternary nitrogens is 1. The number of likely N-dealkylation sites (tertiary alicyclic amines) is 1. The summed E-state index contributed by atoms with van der Waals surface area (Å²) in [7, 11) is 2.11. The highest BCUT2D eigenvalue weighted by atomic mass is 32.2. The van der Waals surface area contributed by atoms with Crippen molar-refractivity contribution in [1.29, 1.82) is 0 Å². The van der Waals surface area contributed by atoms with Crippen molar-refractivity contribution < 1.29 is 28.8 Å². The molecule has 1 aromatic rings. The van der Waals surface area contributed by atoms with Crippen LogP contribution in [0.15, 0.2) is 16.7 Å². The summed E-state index contributed by atoms with van der Waals surface area (Å²) in [4.78, 5) is 54.2. The Morgan fingerprint density at radius 2 is 2.07 bits per heavy atom. The molecule has 0 unspecified atom stereocenters. The number of hydrogen-bond donors (Lipinski definition) is 3. The van der Waals surface area contributed by atoms with Gasteiger partial charge in [0.05, 0.1) is 20.1 Å². The zero-order chi connectivity index (χ0) is 21.6. The predicted molar refractivity (Wildman–Crippen MR) is 111 cm³/mol. The van der Waals surface area contributed by atoms with E-state index in [0.29, 0.717) is 12.3 Å². The van der Waals surface area contributed by atoms with Gasteiger partial charge in [0.15, 0.2) is 5.13 Å². The van der Waals surface area contributed by atoms with Crippen LogP contribution in [0.3, 0.4) is 0 Å². The number of carbonyl (C=O) groups excluding carboxylic acids is 3. The fourth-order valence-electron chi connectivity index (χ4n) is 4.24.